The smallest absolute Gasteiger partial charge is 0.367 e. The number of hydrogen-bond donors (Lipinski definition) is 1. The van der Waals surface area contributed by atoms with Crippen LogP contribution in [0, 0.1) is 0 Å². The average molecular weight is 270 g/mol. The molecule has 0 saturated carbocycles. The van der Waals surface area contributed by atoms with Crippen molar-refractivity contribution < 1.29 is 17.9 Å². The summed E-state index contributed by atoms with van der Waals surface area (Å²) in [6.07, 6.45) is -2.59. The summed E-state index contributed by atoms with van der Waals surface area (Å²) in [7, 11) is 0. The van der Waals surface area contributed by atoms with Gasteiger partial charge in [0.1, 0.15) is 11.4 Å². The summed E-state index contributed by atoms with van der Waals surface area (Å²) in [6, 6.07) is 3.52. The Labute approximate surface area is 107 Å². The fraction of sp³-hybridized carbons (Fsp3) is 0.462. The zero-order valence-electron chi connectivity index (χ0n) is 10.3. The summed E-state index contributed by atoms with van der Waals surface area (Å²) in [6.45, 7) is 2.56. The van der Waals surface area contributed by atoms with Crippen LogP contribution in [0.1, 0.15) is 31.2 Å². The SMILES string of the molecule is CC1(c2nc3ccc(C(F)(F)F)cc3[nH]2)CCCO1. The van der Waals surface area contributed by atoms with E-state index in [1.807, 2.05) is 6.92 Å². The van der Waals surface area contributed by atoms with Gasteiger partial charge in [-0.3, -0.25) is 0 Å². The van der Waals surface area contributed by atoms with Gasteiger partial charge in [0.2, 0.25) is 0 Å². The highest BCUT2D eigenvalue weighted by Crippen LogP contribution is 2.36. The van der Waals surface area contributed by atoms with Gasteiger partial charge in [-0.05, 0) is 38.0 Å². The Bertz CT molecular complexity index is 612. The lowest BCUT2D eigenvalue weighted by Gasteiger charge is -2.19. The van der Waals surface area contributed by atoms with Crippen LogP contribution in [0.25, 0.3) is 11.0 Å². The molecule has 1 unspecified atom stereocenters. The molecule has 6 heteroatoms. The third-order valence-corrected chi connectivity index (χ3v) is 3.53. The number of aromatic nitrogens is 2. The molecule has 2 heterocycles. The van der Waals surface area contributed by atoms with E-state index in [0.717, 1.165) is 25.0 Å². The molecule has 0 bridgehead atoms. The highest BCUT2D eigenvalue weighted by Gasteiger charge is 2.35. The van der Waals surface area contributed by atoms with Crippen molar-refractivity contribution in [2.45, 2.75) is 31.5 Å². The van der Waals surface area contributed by atoms with Gasteiger partial charge in [0.25, 0.3) is 0 Å². The Morgan fingerprint density at radius 3 is 2.79 bits per heavy atom. The number of nitrogens with one attached hydrogen (secondary N) is 1. The Balaban J connectivity index is 2.06. The minimum absolute atomic E-state index is 0.390. The summed E-state index contributed by atoms with van der Waals surface area (Å²) in [5, 5.41) is 0. The van der Waals surface area contributed by atoms with E-state index in [-0.39, 0.29) is 0 Å². The van der Waals surface area contributed by atoms with E-state index in [1.165, 1.54) is 6.07 Å². The second kappa shape index (κ2) is 3.96. The Morgan fingerprint density at radius 2 is 2.16 bits per heavy atom. The number of fused-ring (bicyclic) bond motifs is 1. The number of H-pyrrole nitrogens is 1. The standard InChI is InChI=1S/C13H13F3N2O/c1-12(5-2-6-19-12)11-17-9-4-3-8(13(14,15)16)7-10(9)18-11/h3-4,7H,2,5-6H2,1H3,(H,17,18). The lowest BCUT2D eigenvalue weighted by Crippen LogP contribution is -2.21. The number of aromatic amines is 1. The van der Waals surface area contributed by atoms with Crippen LogP contribution in [0.2, 0.25) is 0 Å². The van der Waals surface area contributed by atoms with Gasteiger partial charge >= 0.3 is 6.18 Å². The first-order chi connectivity index (χ1) is 8.88. The van der Waals surface area contributed by atoms with Gasteiger partial charge in [-0.25, -0.2) is 4.98 Å². The summed E-state index contributed by atoms with van der Waals surface area (Å²) in [5.41, 5.74) is -0.272. The third-order valence-electron chi connectivity index (χ3n) is 3.53. The Morgan fingerprint density at radius 1 is 1.37 bits per heavy atom. The number of imidazole rings is 1. The molecule has 0 radical (unpaired) electrons. The van der Waals surface area contributed by atoms with Crippen LogP contribution in [-0.4, -0.2) is 16.6 Å². The fourth-order valence-corrected chi connectivity index (χ4v) is 2.40. The molecule has 1 atom stereocenters. The van der Waals surface area contributed by atoms with Gasteiger partial charge in [0.05, 0.1) is 16.6 Å². The lowest BCUT2D eigenvalue weighted by atomic mass is 10.0. The molecular weight excluding hydrogens is 257 g/mol. The zero-order valence-corrected chi connectivity index (χ0v) is 10.3. The van der Waals surface area contributed by atoms with E-state index in [4.69, 9.17) is 4.74 Å². The van der Waals surface area contributed by atoms with E-state index in [0.29, 0.717) is 23.5 Å². The summed E-state index contributed by atoms with van der Waals surface area (Å²) in [5.74, 6) is 0.597. The molecule has 1 aromatic carbocycles. The molecule has 1 saturated heterocycles. The van der Waals surface area contributed by atoms with E-state index >= 15 is 0 Å². The Hall–Kier alpha value is -1.56. The summed E-state index contributed by atoms with van der Waals surface area (Å²) in [4.78, 5) is 7.30. The van der Waals surface area contributed by atoms with Crippen molar-refractivity contribution >= 4 is 11.0 Å². The largest absolute Gasteiger partial charge is 0.416 e. The first-order valence-electron chi connectivity index (χ1n) is 6.10. The zero-order chi connectivity index (χ0) is 13.7. The van der Waals surface area contributed by atoms with Gasteiger partial charge in [-0.2, -0.15) is 13.2 Å². The first kappa shape index (κ1) is 12.5. The van der Waals surface area contributed by atoms with Crippen molar-refractivity contribution in [3.8, 4) is 0 Å². The minimum Gasteiger partial charge on any atom is -0.367 e. The first-order valence-corrected chi connectivity index (χ1v) is 6.10. The molecule has 1 N–H and O–H groups in total. The molecule has 0 aliphatic carbocycles. The summed E-state index contributed by atoms with van der Waals surface area (Å²) >= 11 is 0. The maximum Gasteiger partial charge on any atom is 0.416 e. The van der Waals surface area contributed by atoms with Gasteiger partial charge in [0, 0.05) is 6.61 Å². The van der Waals surface area contributed by atoms with Crippen molar-refractivity contribution in [2.75, 3.05) is 6.61 Å². The number of rotatable bonds is 1. The van der Waals surface area contributed by atoms with Crippen molar-refractivity contribution in [3.63, 3.8) is 0 Å². The second-order valence-electron chi connectivity index (χ2n) is 5.00. The van der Waals surface area contributed by atoms with Crippen LogP contribution in [0.5, 0.6) is 0 Å². The molecule has 2 aromatic rings. The number of hydrogen-bond acceptors (Lipinski definition) is 2. The molecule has 3 nitrogen and oxygen atoms in total. The molecular formula is C13H13F3N2O. The van der Waals surface area contributed by atoms with Crippen molar-refractivity contribution in [1.29, 1.82) is 0 Å². The van der Waals surface area contributed by atoms with E-state index in [1.54, 1.807) is 0 Å². The number of halogens is 3. The predicted molar refractivity (Wildman–Crippen MR) is 63.6 cm³/mol. The molecule has 1 fully saturated rings. The third kappa shape index (κ3) is 2.10. The van der Waals surface area contributed by atoms with Crippen LogP contribution in [0.15, 0.2) is 18.2 Å². The van der Waals surface area contributed by atoms with Crippen LogP contribution >= 0.6 is 0 Å². The van der Waals surface area contributed by atoms with Crippen molar-refractivity contribution in [3.05, 3.63) is 29.6 Å². The molecule has 1 aliphatic heterocycles. The Kier molecular flexibility index (Phi) is 2.60. The van der Waals surface area contributed by atoms with E-state index in [2.05, 4.69) is 9.97 Å². The van der Waals surface area contributed by atoms with Gasteiger partial charge in [-0.15, -0.1) is 0 Å². The number of benzene rings is 1. The fourth-order valence-electron chi connectivity index (χ4n) is 2.40. The molecule has 19 heavy (non-hydrogen) atoms. The van der Waals surface area contributed by atoms with Crippen LogP contribution in [0.3, 0.4) is 0 Å². The number of alkyl halides is 3. The van der Waals surface area contributed by atoms with Crippen LogP contribution in [-0.2, 0) is 16.5 Å². The van der Waals surface area contributed by atoms with Gasteiger partial charge < -0.3 is 9.72 Å². The van der Waals surface area contributed by atoms with Crippen molar-refractivity contribution in [2.24, 2.45) is 0 Å². The van der Waals surface area contributed by atoms with Crippen LogP contribution in [0.4, 0.5) is 13.2 Å². The maximum absolute atomic E-state index is 12.6. The van der Waals surface area contributed by atoms with Crippen LogP contribution < -0.4 is 0 Å². The quantitative estimate of drug-likeness (QED) is 0.859. The highest BCUT2D eigenvalue weighted by atomic mass is 19.4. The summed E-state index contributed by atoms with van der Waals surface area (Å²) < 4.78 is 43.6. The van der Waals surface area contributed by atoms with Crippen molar-refractivity contribution in [1.82, 2.24) is 9.97 Å². The molecule has 102 valence electrons. The number of ether oxygens (including phenoxy) is 1. The van der Waals surface area contributed by atoms with E-state index < -0.39 is 17.3 Å². The lowest BCUT2D eigenvalue weighted by molar-refractivity contribution is -0.137. The molecule has 0 amide bonds. The maximum atomic E-state index is 12.6. The molecule has 1 aliphatic rings. The minimum atomic E-state index is -4.34. The highest BCUT2D eigenvalue weighted by molar-refractivity contribution is 5.76. The average Bonchev–Trinajstić information content (AvgIpc) is 2.93. The molecule has 3 rings (SSSR count). The second-order valence-corrected chi connectivity index (χ2v) is 5.00. The topological polar surface area (TPSA) is 37.9 Å². The predicted octanol–water partition coefficient (Wildman–Crippen LogP) is 3.61. The monoisotopic (exact) mass is 270 g/mol. The molecule has 0 spiro atoms. The van der Waals surface area contributed by atoms with Gasteiger partial charge in [-0.1, -0.05) is 0 Å². The number of nitrogens with zero attached hydrogens (tertiary/aromatic N) is 1. The normalized spacial score (nSPS) is 24.2. The van der Waals surface area contributed by atoms with Gasteiger partial charge in [0.15, 0.2) is 0 Å². The molecule has 1 aromatic heterocycles. The van der Waals surface area contributed by atoms with E-state index in [9.17, 15) is 13.2 Å².